The van der Waals surface area contributed by atoms with Gasteiger partial charge >= 0.3 is 12.1 Å². The van der Waals surface area contributed by atoms with Gasteiger partial charge in [-0.15, -0.1) is 24.8 Å². The van der Waals surface area contributed by atoms with Gasteiger partial charge in [0, 0.05) is 76.1 Å². The molecule has 5 rings (SSSR count). The van der Waals surface area contributed by atoms with Crippen LogP contribution in [0.5, 0.6) is 0 Å². The Hall–Kier alpha value is -3.62. The molecule has 2 saturated carbocycles. The van der Waals surface area contributed by atoms with Gasteiger partial charge in [0.05, 0.1) is 0 Å². The first kappa shape index (κ1) is 40.8. The Balaban J connectivity index is 0.00000338. The molecule has 3 aromatic rings. The van der Waals surface area contributed by atoms with Crippen LogP contribution in [-0.4, -0.2) is 62.1 Å². The van der Waals surface area contributed by atoms with E-state index in [1.165, 1.54) is 25.7 Å². The molecule has 0 aromatic heterocycles. The third-order valence-electron chi connectivity index (χ3n) is 9.98. The van der Waals surface area contributed by atoms with Gasteiger partial charge in [-0.25, -0.2) is 9.59 Å². The van der Waals surface area contributed by atoms with Gasteiger partial charge in [-0.1, -0.05) is 87.8 Å². The summed E-state index contributed by atoms with van der Waals surface area (Å²) in [6.45, 7) is 1.06. The maximum Gasteiger partial charge on any atom is 0.322 e. The van der Waals surface area contributed by atoms with Crippen molar-refractivity contribution in [2.45, 2.75) is 102 Å². The van der Waals surface area contributed by atoms with E-state index in [-0.39, 0.29) is 49.0 Å². The van der Waals surface area contributed by atoms with Gasteiger partial charge in [0.25, 0.3) is 0 Å². The third-order valence-corrected chi connectivity index (χ3v) is 9.98. The summed E-state index contributed by atoms with van der Waals surface area (Å²) in [5.74, 6) is 0. The van der Waals surface area contributed by atoms with Gasteiger partial charge in [0.15, 0.2) is 0 Å². The highest BCUT2D eigenvalue weighted by Crippen LogP contribution is 2.28. The normalized spacial score (nSPS) is 15.3. The van der Waals surface area contributed by atoms with Crippen LogP contribution in [0.15, 0.2) is 72.8 Å². The average molecular weight is 726 g/mol. The molecule has 4 amide bonds. The number of urea groups is 2. The SMILES string of the molecule is CN(C)c1cccc(NC(=O)N(Cc2cccc(CN(C(=O)Nc3cccc(N(C)C)c3)C3CCCCCC3)c2)C2CCCCCC2)c1.Cl.Cl. The molecule has 3 aromatic carbocycles. The summed E-state index contributed by atoms with van der Waals surface area (Å²) in [5, 5.41) is 6.43. The zero-order chi connectivity index (χ0) is 33.9. The van der Waals surface area contributed by atoms with Crippen LogP contribution in [0, 0.1) is 0 Å². The van der Waals surface area contributed by atoms with Crippen molar-refractivity contribution in [3.63, 3.8) is 0 Å². The number of carbonyl (C=O) groups is 2. The van der Waals surface area contributed by atoms with Crippen LogP contribution in [-0.2, 0) is 13.1 Å². The van der Waals surface area contributed by atoms with E-state index < -0.39 is 0 Å². The fraction of sp³-hybridized carbons (Fsp3) is 0.500. The van der Waals surface area contributed by atoms with E-state index in [1.54, 1.807) is 0 Å². The molecular weight excluding hydrogens is 667 g/mol. The minimum absolute atomic E-state index is 0. The molecule has 274 valence electrons. The molecule has 0 aliphatic heterocycles. The predicted octanol–water partition coefficient (Wildman–Crippen LogP) is 10.2. The minimum atomic E-state index is -0.0531. The Morgan fingerprint density at radius 1 is 0.540 bits per heavy atom. The van der Waals surface area contributed by atoms with Gasteiger partial charge in [0.1, 0.15) is 0 Å². The second-order valence-electron chi connectivity index (χ2n) is 14.1. The maximum absolute atomic E-state index is 14.0. The van der Waals surface area contributed by atoms with Crippen molar-refractivity contribution in [1.29, 1.82) is 0 Å². The second kappa shape index (κ2) is 20.3. The first-order valence-corrected chi connectivity index (χ1v) is 18.0. The Labute approximate surface area is 312 Å². The quantitative estimate of drug-likeness (QED) is 0.204. The minimum Gasteiger partial charge on any atom is -0.378 e. The summed E-state index contributed by atoms with van der Waals surface area (Å²) in [4.78, 5) is 36.2. The number of nitrogens with zero attached hydrogens (tertiary/aromatic N) is 4. The predicted molar refractivity (Wildman–Crippen MR) is 215 cm³/mol. The topological polar surface area (TPSA) is 71.2 Å². The molecule has 2 fully saturated rings. The molecule has 2 aliphatic rings. The van der Waals surface area contributed by atoms with Crippen molar-refractivity contribution < 1.29 is 9.59 Å². The van der Waals surface area contributed by atoms with Crippen molar-refractivity contribution in [3.05, 3.63) is 83.9 Å². The number of nitrogens with one attached hydrogen (secondary N) is 2. The number of anilines is 4. The van der Waals surface area contributed by atoms with Crippen LogP contribution in [0.25, 0.3) is 0 Å². The van der Waals surface area contributed by atoms with Gasteiger partial charge in [-0.2, -0.15) is 0 Å². The summed E-state index contributed by atoms with van der Waals surface area (Å²) in [5.41, 5.74) is 5.89. The van der Waals surface area contributed by atoms with Crippen molar-refractivity contribution in [3.8, 4) is 0 Å². The lowest BCUT2D eigenvalue weighted by Crippen LogP contribution is -2.43. The Morgan fingerprint density at radius 3 is 1.26 bits per heavy atom. The van der Waals surface area contributed by atoms with E-state index in [0.717, 1.165) is 85.2 Å². The number of benzene rings is 3. The summed E-state index contributed by atoms with van der Waals surface area (Å²) in [7, 11) is 8.04. The smallest absolute Gasteiger partial charge is 0.322 e. The van der Waals surface area contributed by atoms with E-state index in [0.29, 0.717) is 13.1 Å². The van der Waals surface area contributed by atoms with E-state index in [9.17, 15) is 9.59 Å². The highest BCUT2D eigenvalue weighted by Gasteiger charge is 2.27. The molecule has 50 heavy (non-hydrogen) atoms. The molecule has 0 radical (unpaired) electrons. The Morgan fingerprint density at radius 2 is 0.900 bits per heavy atom. The molecule has 10 heteroatoms. The summed E-state index contributed by atoms with van der Waals surface area (Å²) in [6, 6.07) is 24.8. The summed E-state index contributed by atoms with van der Waals surface area (Å²) >= 11 is 0. The lowest BCUT2D eigenvalue weighted by Gasteiger charge is -2.33. The molecule has 0 unspecified atom stereocenters. The lowest BCUT2D eigenvalue weighted by molar-refractivity contribution is 0.174. The highest BCUT2D eigenvalue weighted by atomic mass is 35.5. The van der Waals surface area contributed by atoms with E-state index in [4.69, 9.17) is 0 Å². The fourth-order valence-corrected chi connectivity index (χ4v) is 7.21. The fourth-order valence-electron chi connectivity index (χ4n) is 7.21. The number of hydrogen-bond donors (Lipinski definition) is 2. The molecule has 2 N–H and O–H groups in total. The molecular formula is C40H58Cl2N6O2. The maximum atomic E-state index is 14.0. The van der Waals surface area contributed by atoms with Crippen molar-refractivity contribution in [2.24, 2.45) is 0 Å². The van der Waals surface area contributed by atoms with Crippen molar-refractivity contribution in [1.82, 2.24) is 9.80 Å². The summed E-state index contributed by atoms with van der Waals surface area (Å²) < 4.78 is 0. The molecule has 0 saturated heterocycles. The van der Waals surface area contributed by atoms with Gasteiger partial charge < -0.3 is 30.2 Å². The standard InChI is InChI=1S/C40H56N6O2.2ClH/c1-43(2)37-24-14-18-33(27-37)41-39(47)45(35-20-9-5-6-10-21-35)29-31-16-13-17-32(26-31)30-46(36-22-11-7-8-12-23-36)40(48)42-34-19-15-25-38(28-34)44(3)4;;/h13-19,24-28,35-36H,5-12,20-23,29-30H2,1-4H3,(H,41,47)(H,42,48);2*1H. The van der Waals surface area contributed by atoms with Gasteiger partial charge in [-0.05, 0) is 73.2 Å². The number of hydrogen-bond acceptors (Lipinski definition) is 4. The van der Waals surface area contributed by atoms with E-state index in [1.807, 2.05) is 86.5 Å². The van der Waals surface area contributed by atoms with Crippen molar-refractivity contribution in [2.75, 3.05) is 48.6 Å². The van der Waals surface area contributed by atoms with Gasteiger partial charge in [-0.3, -0.25) is 0 Å². The third kappa shape index (κ3) is 11.7. The Kier molecular flexibility index (Phi) is 16.6. The average Bonchev–Trinajstić information content (AvgIpc) is 3.52. The zero-order valence-corrected chi connectivity index (χ0v) is 32.0. The zero-order valence-electron chi connectivity index (χ0n) is 30.4. The first-order chi connectivity index (χ1) is 23.3. The van der Waals surface area contributed by atoms with E-state index in [2.05, 4.69) is 44.7 Å². The van der Waals surface area contributed by atoms with Crippen LogP contribution < -0.4 is 20.4 Å². The van der Waals surface area contributed by atoms with Crippen LogP contribution in [0.1, 0.15) is 88.2 Å². The van der Waals surface area contributed by atoms with Crippen LogP contribution >= 0.6 is 24.8 Å². The lowest BCUT2D eigenvalue weighted by atomic mass is 10.0. The number of rotatable bonds is 10. The summed E-state index contributed by atoms with van der Waals surface area (Å²) in [6.07, 6.45) is 13.6. The first-order valence-electron chi connectivity index (χ1n) is 18.0. The molecule has 0 atom stereocenters. The monoisotopic (exact) mass is 724 g/mol. The van der Waals surface area contributed by atoms with Crippen molar-refractivity contribution >= 4 is 59.6 Å². The molecule has 0 spiro atoms. The number of halogens is 2. The molecule has 0 heterocycles. The van der Waals surface area contributed by atoms with Crippen LogP contribution in [0.4, 0.5) is 32.3 Å². The van der Waals surface area contributed by atoms with E-state index >= 15 is 0 Å². The second-order valence-corrected chi connectivity index (χ2v) is 14.1. The molecule has 0 bridgehead atoms. The van der Waals surface area contributed by atoms with Gasteiger partial charge in [0.2, 0.25) is 0 Å². The number of amides is 4. The van der Waals surface area contributed by atoms with Crippen LogP contribution in [0.2, 0.25) is 0 Å². The number of carbonyl (C=O) groups excluding carboxylic acids is 2. The Bertz CT molecular complexity index is 1380. The molecule has 8 nitrogen and oxygen atoms in total. The van der Waals surface area contributed by atoms with Crippen LogP contribution in [0.3, 0.4) is 0 Å². The molecule has 2 aliphatic carbocycles. The largest absolute Gasteiger partial charge is 0.378 e. The highest BCUT2D eigenvalue weighted by molar-refractivity contribution is 5.91.